The third kappa shape index (κ3) is 3.85. The first-order valence-corrected chi connectivity index (χ1v) is 7.09. The summed E-state index contributed by atoms with van der Waals surface area (Å²) >= 11 is 0. The molecule has 22 heavy (non-hydrogen) atoms. The number of ether oxygens (including phenoxy) is 1. The van der Waals surface area contributed by atoms with Gasteiger partial charge in [-0.3, -0.25) is 4.79 Å². The van der Waals surface area contributed by atoms with E-state index < -0.39 is 0 Å². The number of hydrogen-bond donors (Lipinski definition) is 0. The Labute approximate surface area is 131 Å². The fourth-order valence-corrected chi connectivity index (χ4v) is 2.07. The zero-order chi connectivity index (χ0) is 15.8. The average molecular weight is 293 g/mol. The molecule has 0 radical (unpaired) electrons. The van der Waals surface area contributed by atoms with Crippen molar-refractivity contribution >= 4 is 5.91 Å². The summed E-state index contributed by atoms with van der Waals surface area (Å²) in [6.45, 7) is 8.30. The van der Waals surface area contributed by atoms with Gasteiger partial charge in [-0.25, -0.2) is 0 Å². The molecule has 0 bridgehead atoms. The third-order valence-corrected chi connectivity index (χ3v) is 3.07. The Hall–Kier alpha value is -2.81. The summed E-state index contributed by atoms with van der Waals surface area (Å²) in [6, 6.07) is 16.6. The molecule has 0 fully saturated rings. The lowest BCUT2D eigenvalue weighted by molar-refractivity contribution is 0.0788. The lowest BCUT2D eigenvalue weighted by Crippen LogP contribution is -2.31. The molecule has 0 unspecified atom stereocenters. The standard InChI is InChI=1S/C19H19NO2/c1-3-14-20(15-4-2)19(21)17-12-8-9-13-18(17)22-16-10-6-5-7-11-16/h3-13H,1-2,14-15H2. The van der Waals surface area contributed by atoms with Crippen molar-refractivity contribution in [1.82, 2.24) is 4.90 Å². The van der Waals surface area contributed by atoms with E-state index in [9.17, 15) is 4.79 Å². The lowest BCUT2D eigenvalue weighted by Gasteiger charge is -2.20. The Morgan fingerprint density at radius 2 is 1.55 bits per heavy atom. The van der Waals surface area contributed by atoms with E-state index >= 15 is 0 Å². The highest BCUT2D eigenvalue weighted by atomic mass is 16.5. The first-order chi connectivity index (χ1) is 10.8. The molecule has 0 N–H and O–H groups in total. The summed E-state index contributed by atoms with van der Waals surface area (Å²) in [6.07, 6.45) is 3.39. The molecule has 2 rings (SSSR count). The van der Waals surface area contributed by atoms with Gasteiger partial charge in [0.05, 0.1) is 5.56 Å². The first kappa shape index (κ1) is 15.6. The van der Waals surface area contributed by atoms with E-state index in [1.165, 1.54) is 0 Å². The van der Waals surface area contributed by atoms with Crippen LogP contribution in [0.25, 0.3) is 0 Å². The first-order valence-electron chi connectivity index (χ1n) is 7.09. The maximum absolute atomic E-state index is 12.7. The number of benzene rings is 2. The van der Waals surface area contributed by atoms with E-state index in [2.05, 4.69) is 13.2 Å². The molecule has 0 aliphatic carbocycles. The van der Waals surface area contributed by atoms with E-state index in [1.807, 2.05) is 42.5 Å². The molecular formula is C19H19NO2. The van der Waals surface area contributed by atoms with Crippen molar-refractivity contribution in [1.29, 1.82) is 0 Å². The summed E-state index contributed by atoms with van der Waals surface area (Å²) in [5.41, 5.74) is 0.523. The van der Waals surface area contributed by atoms with Gasteiger partial charge in [-0.15, -0.1) is 13.2 Å². The molecule has 0 atom stereocenters. The fraction of sp³-hybridized carbons (Fsp3) is 0.105. The van der Waals surface area contributed by atoms with Crippen LogP contribution in [0.5, 0.6) is 11.5 Å². The highest BCUT2D eigenvalue weighted by molar-refractivity contribution is 5.97. The van der Waals surface area contributed by atoms with Gasteiger partial charge in [-0.1, -0.05) is 42.5 Å². The minimum atomic E-state index is -0.105. The Morgan fingerprint density at radius 3 is 2.18 bits per heavy atom. The van der Waals surface area contributed by atoms with Gasteiger partial charge in [-0.05, 0) is 24.3 Å². The van der Waals surface area contributed by atoms with Crippen LogP contribution in [-0.4, -0.2) is 23.9 Å². The molecule has 0 heterocycles. The fourth-order valence-electron chi connectivity index (χ4n) is 2.07. The van der Waals surface area contributed by atoms with E-state index in [0.717, 1.165) is 0 Å². The van der Waals surface area contributed by atoms with E-state index in [4.69, 9.17) is 4.74 Å². The summed E-state index contributed by atoms with van der Waals surface area (Å²) < 4.78 is 5.84. The highest BCUT2D eigenvalue weighted by Gasteiger charge is 2.18. The Morgan fingerprint density at radius 1 is 0.955 bits per heavy atom. The van der Waals surface area contributed by atoms with Crippen LogP contribution in [0.1, 0.15) is 10.4 Å². The second kappa shape index (κ2) is 7.84. The van der Waals surface area contributed by atoms with Crippen molar-refractivity contribution in [3.8, 4) is 11.5 Å². The molecule has 0 saturated carbocycles. The number of carbonyl (C=O) groups is 1. The van der Waals surface area contributed by atoms with Crippen LogP contribution in [0.4, 0.5) is 0 Å². The summed E-state index contributed by atoms with van der Waals surface area (Å²) in [5.74, 6) is 1.13. The Balaban J connectivity index is 2.28. The molecule has 0 aliphatic heterocycles. The van der Waals surface area contributed by atoms with Crippen molar-refractivity contribution < 1.29 is 9.53 Å². The number of nitrogens with zero attached hydrogens (tertiary/aromatic N) is 1. The van der Waals surface area contributed by atoms with Crippen LogP contribution in [-0.2, 0) is 0 Å². The van der Waals surface area contributed by atoms with Gasteiger partial charge < -0.3 is 9.64 Å². The summed E-state index contributed by atoms with van der Waals surface area (Å²) in [7, 11) is 0. The topological polar surface area (TPSA) is 29.5 Å². The summed E-state index contributed by atoms with van der Waals surface area (Å²) in [5, 5.41) is 0. The maximum atomic E-state index is 12.7. The van der Waals surface area contributed by atoms with Crippen LogP contribution in [0.15, 0.2) is 79.9 Å². The van der Waals surface area contributed by atoms with E-state index in [1.54, 1.807) is 29.2 Å². The van der Waals surface area contributed by atoms with Crippen molar-refractivity contribution in [2.75, 3.05) is 13.1 Å². The zero-order valence-corrected chi connectivity index (χ0v) is 12.4. The van der Waals surface area contributed by atoms with Crippen LogP contribution >= 0.6 is 0 Å². The largest absolute Gasteiger partial charge is 0.457 e. The van der Waals surface area contributed by atoms with E-state index in [-0.39, 0.29) is 5.91 Å². The Bertz CT molecular complexity index is 639. The molecule has 112 valence electrons. The van der Waals surface area contributed by atoms with Crippen molar-refractivity contribution in [2.45, 2.75) is 0 Å². The number of rotatable bonds is 7. The number of carbonyl (C=O) groups excluding carboxylic acids is 1. The zero-order valence-electron chi connectivity index (χ0n) is 12.4. The lowest BCUT2D eigenvalue weighted by atomic mass is 10.1. The molecule has 0 spiro atoms. The van der Waals surface area contributed by atoms with Gasteiger partial charge >= 0.3 is 0 Å². The number of para-hydroxylation sites is 2. The van der Waals surface area contributed by atoms with Crippen molar-refractivity contribution in [2.24, 2.45) is 0 Å². The van der Waals surface area contributed by atoms with Crippen LogP contribution in [0, 0.1) is 0 Å². The van der Waals surface area contributed by atoms with Gasteiger partial charge in [0.2, 0.25) is 0 Å². The number of hydrogen-bond acceptors (Lipinski definition) is 2. The van der Waals surface area contributed by atoms with E-state index in [0.29, 0.717) is 30.2 Å². The number of amides is 1. The maximum Gasteiger partial charge on any atom is 0.258 e. The Kier molecular flexibility index (Phi) is 5.55. The third-order valence-electron chi connectivity index (χ3n) is 3.07. The summed E-state index contributed by atoms with van der Waals surface area (Å²) in [4.78, 5) is 14.3. The predicted octanol–water partition coefficient (Wildman–Crippen LogP) is 4.29. The molecule has 0 saturated heterocycles. The molecule has 1 amide bonds. The molecule has 3 nitrogen and oxygen atoms in total. The molecule has 3 heteroatoms. The molecule has 0 aromatic heterocycles. The average Bonchev–Trinajstić information content (AvgIpc) is 2.55. The quantitative estimate of drug-likeness (QED) is 0.713. The second-order valence-corrected chi connectivity index (χ2v) is 4.70. The van der Waals surface area contributed by atoms with Gasteiger partial charge in [0.25, 0.3) is 5.91 Å². The van der Waals surface area contributed by atoms with Crippen molar-refractivity contribution in [3.05, 3.63) is 85.5 Å². The van der Waals surface area contributed by atoms with Gasteiger partial charge in [0.15, 0.2) is 0 Å². The predicted molar refractivity (Wildman–Crippen MR) is 89.3 cm³/mol. The minimum Gasteiger partial charge on any atom is -0.457 e. The van der Waals surface area contributed by atoms with Gasteiger partial charge in [-0.2, -0.15) is 0 Å². The monoisotopic (exact) mass is 293 g/mol. The van der Waals surface area contributed by atoms with Crippen LogP contribution < -0.4 is 4.74 Å². The van der Waals surface area contributed by atoms with Crippen LogP contribution in [0.2, 0.25) is 0 Å². The molecule has 2 aromatic carbocycles. The normalized spacial score (nSPS) is 9.82. The van der Waals surface area contributed by atoms with Gasteiger partial charge in [0, 0.05) is 13.1 Å². The molecular weight excluding hydrogens is 274 g/mol. The smallest absolute Gasteiger partial charge is 0.258 e. The highest BCUT2D eigenvalue weighted by Crippen LogP contribution is 2.26. The van der Waals surface area contributed by atoms with Crippen LogP contribution in [0.3, 0.4) is 0 Å². The second-order valence-electron chi connectivity index (χ2n) is 4.70. The van der Waals surface area contributed by atoms with Crippen molar-refractivity contribution in [3.63, 3.8) is 0 Å². The minimum absolute atomic E-state index is 0.105. The molecule has 2 aromatic rings. The molecule has 0 aliphatic rings. The SMILES string of the molecule is C=CCN(CC=C)C(=O)c1ccccc1Oc1ccccc1. The van der Waals surface area contributed by atoms with Gasteiger partial charge in [0.1, 0.15) is 11.5 Å².